The molecular weight excluding hydrogens is 880 g/mol. The molecule has 0 atom stereocenters. The van der Waals surface area contributed by atoms with E-state index >= 15 is 0 Å². The van der Waals surface area contributed by atoms with Crippen LogP contribution in [0.25, 0.3) is 72.3 Å². The van der Waals surface area contributed by atoms with E-state index in [9.17, 15) is 0 Å². The number of fused-ring (bicyclic) bond motifs is 4. The van der Waals surface area contributed by atoms with Gasteiger partial charge in [0.15, 0.2) is 0 Å². The summed E-state index contributed by atoms with van der Waals surface area (Å²) in [5, 5.41) is 1.16. The number of para-hydroxylation sites is 4. The van der Waals surface area contributed by atoms with Crippen LogP contribution in [-0.2, 0) is 21.1 Å². The first-order valence-corrected chi connectivity index (χ1v) is 17.2. The maximum absolute atomic E-state index is 8.98. The quantitative estimate of drug-likeness (QED) is 0.118. The summed E-state index contributed by atoms with van der Waals surface area (Å²) in [4.78, 5) is 4.35. The Kier molecular flexibility index (Phi) is 5.35. The second-order valence-corrected chi connectivity index (χ2v) is 12.6. The van der Waals surface area contributed by atoms with E-state index in [0.717, 1.165) is 6.20 Å². The molecule has 0 saturated carbocycles. The third-order valence-corrected chi connectivity index (χ3v) is 9.40. The van der Waals surface area contributed by atoms with Crippen molar-refractivity contribution in [2.24, 2.45) is 0 Å². The van der Waals surface area contributed by atoms with Crippen LogP contribution in [0.2, 0.25) is 0 Å². The number of aromatic nitrogens is 4. The molecule has 3 heterocycles. The van der Waals surface area contributed by atoms with Gasteiger partial charge in [-0.05, 0) is 76.6 Å². The Bertz CT molecular complexity index is 3880. The zero-order chi connectivity index (χ0) is 54.0. The van der Waals surface area contributed by atoms with E-state index in [1.54, 1.807) is 83.4 Å². The van der Waals surface area contributed by atoms with Gasteiger partial charge in [0.05, 0.1) is 30.4 Å². The van der Waals surface area contributed by atoms with Crippen molar-refractivity contribution in [3.63, 3.8) is 0 Å². The number of nitrogens with zero attached hydrogens (tertiary/aromatic N) is 4. The Morgan fingerprint density at radius 2 is 1.33 bits per heavy atom. The minimum Gasteiger partial charge on any atom is -0.510 e. The fourth-order valence-electron chi connectivity index (χ4n) is 6.93. The molecule has 57 heavy (non-hydrogen) atoms. The van der Waals surface area contributed by atoms with E-state index in [0.29, 0.717) is 33.0 Å². The normalized spacial score (nSPS) is 16.7. The second-order valence-electron chi connectivity index (χ2n) is 12.6. The van der Waals surface area contributed by atoms with Gasteiger partial charge in [0.2, 0.25) is 0 Å². The number of imidazole rings is 1. The third kappa shape index (κ3) is 6.25. The van der Waals surface area contributed by atoms with E-state index in [4.69, 9.17) is 30.8 Å². The summed E-state index contributed by atoms with van der Waals surface area (Å²) in [6, 6.07) is 27.2. The Morgan fingerprint density at radius 1 is 0.649 bits per heavy atom. The number of ether oxygens (including phenoxy) is 1. The first-order chi connectivity index (χ1) is 35.3. The van der Waals surface area contributed by atoms with Crippen molar-refractivity contribution in [2.75, 3.05) is 0 Å². The van der Waals surface area contributed by atoms with Gasteiger partial charge in [-0.2, -0.15) is 18.2 Å². The molecule has 0 saturated heterocycles. The number of hydrogen-bond acceptors (Lipinski definition) is 2. The van der Waals surface area contributed by atoms with Crippen LogP contribution in [0, 0.1) is 39.0 Å². The topological polar surface area (TPSA) is 35.9 Å². The SMILES string of the molecule is [2H]c1c([2H])c([2H])c(-c2cccc(-c3c([2H])c([2H])c([2H])c([2H])c3[2H])c2-[n+]2[c-]n(-c3[c-]c(Oc4[c-]c5c(cc4)c4ccccc4n5-c4ncc(C([2H])([2H])[2H])c(C([2H])([2H])[2H])c4C([2H])([2H])[2H])ccc3)c3ccccc32)c([2H])c1[2H].[Pt]. The minimum atomic E-state index is -3.18. The molecule has 0 N–H and O–H groups in total. The molecule has 10 rings (SSSR count). The van der Waals surface area contributed by atoms with Crippen LogP contribution in [0.4, 0.5) is 0 Å². The summed E-state index contributed by atoms with van der Waals surface area (Å²) < 4.78 is 173. The van der Waals surface area contributed by atoms with Crippen LogP contribution in [-0.4, -0.2) is 14.1 Å². The predicted molar refractivity (Wildman–Crippen MR) is 225 cm³/mol. The Hall–Kier alpha value is -6.55. The van der Waals surface area contributed by atoms with Gasteiger partial charge in [-0.25, -0.2) is 4.98 Å². The summed E-state index contributed by atoms with van der Waals surface area (Å²) in [6.45, 7) is -9.35. The molecule has 6 heteroatoms. The molecule has 0 bridgehead atoms. The van der Waals surface area contributed by atoms with Gasteiger partial charge < -0.3 is 13.9 Å². The fraction of sp³-hybridized carbons (Fsp3) is 0.0588. The van der Waals surface area contributed by atoms with E-state index in [1.807, 2.05) is 0 Å². The number of benzene rings is 7. The zero-order valence-corrected chi connectivity index (χ0v) is 31.6. The molecular formula is C51H36N4OPt-2. The van der Waals surface area contributed by atoms with Crippen molar-refractivity contribution in [3.8, 4) is 50.9 Å². The molecule has 0 unspecified atom stereocenters. The Balaban J connectivity index is 0.00000706. The molecule has 0 aliphatic heterocycles. The molecule has 0 radical (unpaired) electrons. The maximum Gasteiger partial charge on any atom is 0.268 e. The van der Waals surface area contributed by atoms with Crippen LogP contribution in [0.3, 0.4) is 0 Å². The minimum absolute atomic E-state index is 0. The summed E-state index contributed by atoms with van der Waals surface area (Å²) in [5.74, 6) is -0.109. The first kappa shape index (κ1) is 20.6. The van der Waals surface area contributed by atoms with Gasteiger partial charge >= 0.3 is 0 Å². The number of rotatable bonds is 7. The summed E-state index contributed by atoms with van der Waals surface area (Å²) in [5.41, 5.74) is -0.669. The summed E-state index contributed by atoms with van der Waals surface area (Å²) in [6.07, 6.45) is 4.18. The maximum atomic E-state index is 8.98. The van der Waals surface area contributed by atoms with Crippen molar-refractivity contribution in [1.82, 2.24) is 14.1 Å². The van der Waals surface area contributed by atoms with Crippen LogP contribution in [0.1, 0.15) is 42.7 Å². The fourth-order valence-corrected chi connectivity index (χ4v) is 6.93. The molecule has 10 aromatic rings. The smallest absolute Gasteiger partial charge is 0.268 e. The monoisotopic (exact) mass is 934 g/mol. The second kappa shape index (κ2) is 14.8. The van der Waals surface area contributed by atoms with Crippen molar-refractivity contribution in [3.05, 3.63) is 199 Å². The summed E-state index contributed by atoms with van der Waals surface area (Å²) in [7, 11) is 0. The van der Waals surface area contributed by atoms with E-state index in [1.165, 1.54) is 27.3 Å². The third-order valence-electron chi connectivity index (χ3n) is 9.40. The Morgan fingerprint density at radius 3 is 2.07 bits per heavy atom. The largest absolute Gasteiger partial charge is 0.510 e. The van der Waals surface area contributed by atoms with Crippen LogP contribution in [0.5, 0.6) is 11.5 Å². The zero-order valence-electron chi connectivity index (χ0n) is 48.3. The molecule has 0 spiro atoms. The van der Waals surface area contributed by atoms with E-state index in [2.05, 4.69) is 23.4 Å². The number of pyridine rings is 1. The van der Waals surface area contributed by atoms with E-state index < -0.39 is 97.7 Å². The Labute approximate surface area is 373 Å². The molecule has 0 fully saturated rings. The molecule has 0 amide bonds. The average Bonchev–Trinajstić information content (AvgIpc) is 3.93. The van der Waals surface area contributed by atoms with Crippen LogP contribution >= 0.6 is 0 Å². The van der Waals surface area contributed by atoms with Crippen molar-refractivity contribution < 1.29 is 56.4 Å². The first-order valence-electron chi connectivity index (χ1n) is 26.7. The van der Waals surface area contributed by atoms with Crippen molar-refractivity contribution in [1.29, 1.82) is 0 Å². The average molecular weight is 935 g/mol. The van der Waals surface area contributed by atoms with Crippen molar-refractivity contribution >= 4 is 32.8 Å². The predicted octanol–water partition coefficient (Wildman–Crippen LogP) is 11.8. The molecule has 278 valence electrons. The van der Waals surface area contributed by atoms with Crippen LogP contribution < -0.4 is 9.30 Å². The number of hydrogen-bond donors (Lipinski definition) is 0. The van der Waals surface area contributed by atoms with Gasteiger partial charge in [-0.3, -0.25) is 4.57 Å². The van der Waals surface area contributed by atoms with Gasteiger partial charge in [-0.1, -0.05) is 127 Å². The number of aryl methyl sites for hydroxylation is 1. The van der Waals surface area contributed by atoms with Gasteiger partial charge in [0.25, 0.3) is 6.33 Å². The van der Waals surface area contributed by atoms with Gasteiger partial charge in [-0.15, -0.1) is 29.7 Å². The van der Waals surface area contributed by atoms with Gasteiger partial charge in [0.1, 0.15) is 5.82 Å². The van der Waals surface area contributed by atoms with Crippen LogP contribution in [0.15, 0.2) is 164 Å². The molecule has 5 nitrogen and oxygen atoms in total. The molecule has 0 aliphatic carbocycles. The molecule has 0 aliphatic rings. The van der Waals surface area contributed by atoms with Crippen molar-refractivity contribution in [2.45, 2.75) is 20.6 Å². The molecule has 3 aromatic heterocycles. The summed E-state index contributed by atoms with van der Waals surface area (Å²) >= 11 is 0. The van der Waals surface area contributed by atoms with E-state index in [-0.39, 0.29) is 71.8 Å². The molecule has 7 aromatic carbocycles. The van der Waals surface area contributed by atoms with Gasteiger partial charge in [0, 0.05) is 56.6 Å². The standard InChI is InChI=1S/C51H36N4O.Pt/c1-34-32-52-51(36(3)35(34)2)55-46-25-11-10-22-44(46)45-29-28-41(31-49(45)55)56-40-21-14-20-39(30-40)53-33-54(48-27-13-12-26-47(48)53)50-42(37-16-6-4-7-17-37)23-15-24-43(50)38-18-8-5-9-19-38;/h4-29,32H,1-3H3;/q-2;/i1D3,2D3,3D3,4D,5D,6D,7D,8D,9D,16D,17D,18D,19D;.